The van der Waals surface area contributed by atoms with Crippen LogP contribution in [0.25, 0.3) is 11.6 Å². The molecule has 0 saturated heterocycles. The minimum atomic E-state index is -0.897. The Kier molecular flexibility index (Phi) is 3.63. The molecule has 0 radical (unpaired) electrons. The van der Waals surface area contributed by atoms with Crippen molar-refractivity contribution < 1.29 is 9.90 Å². The van der Waals surface area contributed by atoms with Gasteiger partial charge in [0.25, 0.3) is 0 Å². The van der Waals surface area contributed by atoms with E-state index < -0.39 is 5.97 Å². The molecule has 0 aliphatic rings. The van der Waals surface area contributed by atoms with Crippen LogP contribution in [0.5, 0.6) is 0 Å². The highest BCUT2D eigenvalue weighted by molar-refractivity contribution is 7.10. The molecule has 0 aliphatic heterocycles. The highest BCUT2D eigenvalue weighted by Gasteiger charge is 2.11. The smallest absolute Gasteiger partial charge is 0.336 e. The van der Waals surface area contributed by atoms with Gasteiger partial charge in [-0.25, -0.2) is 4.79 Å². The second-order valence-electron chi connectivity index (χ2n) is 4.18. The number of thiophene rings is 1. The van der Waals surface area contributed by atoms with Crippen LogP contribution in [0.15, 0.2) is 35.7 Å². The Hall–Kier alpha value is -1.87. The average molecular weight is 258 g/mol. The summed E-state index contributed by atoms with van der Waals surface area (Å²) in [6.07, 6.45) is 1.72. The molecule has 0 bridgehead atoms. The number of hydrogen-bond donors (Lipinski definition) is 1. The molecule has 0 atom stereocenters. The molecular weight excluding hydrogens is 244 g/mol. The molecule has 0 aliphatic carbocycles. The van der Waals surface area contributed by atoms with Crippen LogP contribution in [0.1, 0.15) is 21.6 Å². The zero-order valence-electron chi connectivity index (χ0n) is 10.3. The number of aliphatic carboxylic acids is 1. The molecule has 1 heterocycles. The number of carboxylic acids is 1. The average Bonchev–Trinajstić information content (AvgIpc) is 2.82. The van der Waals surface area contributed by atoms with Crippen LogP contribution in [0.4, 0.5) is 0 Å². The first-order valence-electron chi connectivity index (χ1n) is 5.64. The van der Waals surface area contributed by atoms with Crippen LogP contribution >= 0.6 is 11.3 Å². The fraction of sp³-hybridized carbons (Fsp3) is 0.133. The normalized spacial score (nSPS) is 11.6. The Morgan fingerprint density at radius 3 is 2.56 bits per heavy atom. The number of rotatable bonds is 3. The van der Waals surface area contributed by atoms with E-state index >= 15 is 0 Å². The summed E-state index contributed by atoms with van der Waals surface area (Å²) in [6.45, 7) is 4.01. The maximum atomic E-state index is 11.4. The third kappa shape index (κ3) is 2.68. The fourth-order valence-corrected chi connectivity index (χ4v) is 2.35. The predicted molar refractivity (Wildman–Crippen MR) is 75.7 cm³/mol. The zero-order chi connectivity index (χ0) is 13.1. The van der Waals surface area contributed by atoms with Gasteiger partial charge in [-0.2, -0.15) is 0 Å². The highest BCUT2D eigenvalue weighted by Crippen LogP contribution is 2.23. The van der Waals surface area contributed by atoms with Crippen molar-refractivity contribution in [2.45, 2.75) is 13.8 Å². The summed E-state index contributed by atoms with van der Waals surface area (Å²) < 4.78 is 0. The SMILES string of the molecule is Cc1ccc(/C(=C/c2cccs2)C(=O)O)cc1C. The molecule has 0 spiro atoms. The molecule has 0 unspecified atom stereocenters. The first-order chi connectivity index (χ1) is 8.58. The van der Waals surface area contributed by atoms with Crippen molar-refractivity contribution in [2.24, 2.45) is 0 Å². The van der Waals surface area contributed by atoms with Gasteiger partial charge in [-0.05, 0) is 48.1 Å². The third-order valence-corrected chi connectivity index (χ3v) is 3.70. The Balaban J connectivity index is 2.48. The van der Waals surface area contributed by atoms with E-state index in [0.29, 0.717) is 5.57 Å². The predicted octanol–water partition coefficient (Wildman–Crippen LogP) is 3.99. The molecule has 1 aromatic carbocycles. The number of benzene rings is 1. The van der Waals surface area contributed by atoms with Gasteiger partial charge >= 0.3 is 5.97 Å². The lowest BCUT2D eigenvalue weighted by atomic mass is 10.00. The van der Waals surface area contributed by atoms with E-state index in [-0.39, 0.29) is 0 Å². The maximum absolute atomic E-state index is 11.4. The van der Waals surface area contributed by atoms with E-state index in [9.17, 15) is 9.90 Å². The van der Waals surface area contributed by atoms with Gasteiger partial charge < -0.3 is 5.11 Å². The van der Waals surface area contributed by atoms with Crippen molar-refractivity contribution in [1.29, 1.82) is 0 Å². The van der Waals surface area contributed by atoms with Crippen molar-refractivity contribution >= 4 is 29.0 Å². The first kappa shape index (κ1) is 12.6. The monoisotopic (exact) mass is 258 g/mol. The molecule has 2 aromatic rings. The van der Waals surface area contributed by atoms with Gasteiger partial charge in [0.1, 0.15) is 0 Å². The molecule has 0 saturated carbocycles. The van der Waals surface area contributed by atoms with Crippen LogP contribution < -0.4 is 0 Å². The Morgan fingerprint density at radius 1 is 1.22 bits per heavy atom. The van der Waals surface area contributed by atoms with Gasteiger partial charge in [0.05, 0.1) is 5.57 Å². The second kappa shape index (κ2) is 5.19. The standard InChI is InChI=1S/C15H14O2S/c1-10-5-6-12(8-11(10)2)14(15(16)17)9-13-4-3-7-18-13/h3-9H,1-2H3,(H,16,17)/b14-9-. The molecule has 2 rings (SSSR count). The van der Waals surface area contributed by atoms with Crippen LogP contribution in [0.3, 0.4) is 0 Å². The number of carboxylic acid groups (broad SMARTS) is 1. The van der Waals surface area contributed by atoms with Gasteiger partial charge in [-0.3, -0.25) is 0 Å². The van der Waals surface area contributed by atoms with Crippen molar-refractivity contribution in [2.75, 3.05) is 0 Å². The summed E-state index contributed by atoms with van der Waals surface area (Å²) in [5, 5.41) is 11.3. The van der Waals surface area contributed by atoms with Gasteiger partial charge in [0.2, 0.25) is 0 Å². The van der Waals surface area contributed by atoms with E-state index in [1.807, 2.05) is 49.6 Å². The lowest BCUT2D eigenvalue weighted by Crippen LogP contribution is -2.00. The van der Waals surface area contributed by atoms with Gasteiger partial charge in [-0.15, -0.1) is 11.3 Å². The lowest BCUT2D eigenvalue weighted by molar-refractivity contribution is -0.130. The second-order valence-corrected chi connectivity index (χ2v) is 5.16. The number of hydrogen-bond acceptors (Lipinski definition) is 2. The molecule has 92 valence electrons. The van der Waals surface area contributed by atoms with Crippen LogP contribution in [-0.2, 0) is 4.79 Å². The Morgan fingerprint density at radius 2 is 2.00 bits per heavy atom. The van der Waals surface area contributed by atoms with Crippen molar-refractivity contribution in [3.63, 3.8) is 0 Å². The summed E-state index contributed by atoms with van der Waals surface area (Å²) in [5.41, 5.74) is 3.35. The summed E-state index contributed by atoms with van der Waals surface area (Å²) in [5.74, 6) is -0.897. The van der Waals surface area contributed by atoms with Crippen molar-refractivity contribution in [1.82, 2.24) is 0 Å². The fourth-order valence-electron chi connectivity index (χ4n) is 1.69. The Bertz CT molecular complexity index is 595. The summed E-state index contributed by atoms with van der Waals surface area (Å²) in [7, 11) is 0. The van der Waals surface area contributed by atoms with Gasteiger partial charge in [0, 0.05) is 4.88 Å². The topological polar surface area (TPSA) is 37.3 Å². The highest BCUT2D eigenvalue weighted by atomic mass is 32.1. The zero-order valence-corrected chi connectivity index (χ0v) is 11.1. The summed E-state index contributed by atoms with van der Waals surface area (Å²) >= 11 is 1.53. The van der Waals surface area contributed by atoms with E-state index in [2.05, 4.69) is 0 Å². The van der Waals surface area contributed by atoms with Crippen LogP contribution in [-0.4, -0.2) is 11.1 Å². The first-order valence-corrected chi connectivity index (χ1v) is 6.52. The minimum Gasteiger partial charge on any atom is -0.478 e. The largest absolute Gasteiger partial charge is 0.478 e. The van der Waals surface area contributed by atoms with E-state index in [0.717, 1.165) is 16.0 Å². The van der Waals surface area contributed by atoms with Gasteiger partial charge in [-0.1, -0.05) is 24.3 Å². The van der Waals surface area contributed by atoms with E-state index in [4.69, 9.17) is 0 Å². The molecule has 18 heavy (non-hydrogen) atoms. The third-order valence-electron chi connectivity index (χ3n) is 2.88. The van der Waals surface area contributed by atoms with Crippen molar-refractivity contribution in [3.05, 3.63) is 57.3 Å². The molecular formula is C15H14O2S. The quantitative estimate of drug-likeness (QED) is 0.845. The number of carbonyl (C=O) groups is 1. The van der Waals surface area contributed by atoms with Crippen LogP contribution in [0.2, 0.25) is 0 Å². The van der Waals surface area contributed by atoms with E-state index in [1.165, 1.54) is 16.9 Å². The molecule has 0 amide bonds. The number of aryl methyl sites for hydroxylation is 2. The minimum absolute atomic E-state index is 0.334. The Labute approximate surface area is 110 Å². The summed E-state index contributed by atoms with van der Waals surface area (Å²) in [4.78, 5) is 12.3. The molecule has 1 aromatic heterocycles. The summed E-state index contributed by atoms with van der Waals surface area (Å²) in [6, 6.07) is 9.56. The molecule has 3 heteroatoms. The van der Waals surface area contributed by atoms with Crippen molar-refractivity contribution in [3.8, 4) is 0 Å². The van der Waals surface area contributed by atoms with Crippen LogP contribution in [0, 0.1) is 13.8 Å². The lowest BCUT2D eigenvalue weighted by Gasteiger charge is -2.06. The van der Waals surface area contributed by atoms with E-state index in [1.54, 1.807) is 6.08 Å². The van der Waals surface area contributed by atoms with Gasteiger partial charge in [0.15, 0.2) is 0 Å². The molecule has 1 N–H and O–H groups in total. The molecule has 2 nitrogen and oxygen atoms in total. The molecule has 0 fully saturated rings. The maximum Gasteiger partial charge on any atom is 0.336 e.